The Morgan fingerprint density at radius 1 is 0.821 bits per heavy atom. The summed E-state index contributed by atoms with van der Waals surface area (Å²) in [6.45, 7) is 0. The molecular formula is C23H18ClNO3. The molecule has 4 aromatic rings. The third kappa shape index (κ3) is 3.59. The van der Waals surface area contributed by atoms with Gasteiger partial charge in [0.1, 0.15) is 22.8 Å². The van der Waals surface area contributed by atoms with Crippen LogP contribution < -0.4 is 14.8 Å². The molecule has 0 radical (unpaired) electrons. The van der Waals surface area contributed by atoms with Gasteiger partial charge < -0.3 is 13.9 Å². The number of benzene rings is 3. The van der Waals surface area contributed by atoms with Gasteiger partial charge in [-0.25, -0.2) is 4.99 Å². The van der Waals surface area contributed by atoms with Crippen molar-refractivity contribution < 1.29 is 13.9 Å². The number of fused-ring (bicyclic) bond motifs is 1. The van der Waals surface area contributed by atoms with Gasteiger partial charge in [-0.3, -0.25) is 0 Å². The Morgan fingerprint density at radius 3 is 2.25 bits per heavy atom. The summed E-state index contributed by atoms with van der Waals surface area (Å²) in [6.07, 6.45) is 0. The molecule has 0 N–H and O–H groups in total. The van der Waals surface area contributed by atoms with Crippen LogP contribution in [0.5, 0.6) is 11.5 Å². The molecule has 0 unspecified atom stereocenters. The van der Waals surface area contributed by atoms with Crippen LogP contribution in [0.2, 0.25) is 5.02 Å². The highest BCUT2D eigenvalue weighted by molar-refractivity contribution is 6.32. The van der Waals surface area contributed by atoms with Gasteiger partial charge >= 0.3 is 0 Å². The van der Waals surface area contributed by atoms with E-state index in [1.807, 2.05) is 72.8 Å². The Labute approximate surface area is 167 Å². The molecule has 5 heteroatoms. The smallest absolute Gasteiger partial charge is 0.137 e. The van der Waals surface area contributed by atoms with Gasteiger partial charge in [-0.2, -0.15) is 0 Å². The maximum atomic E-state index is 6.32. The molecule has 1 heterocycles. The van der Waals surface area contributed by atoms with Crippen LogP contribution in [0, 0.1) is 0 Å². The van der Waals surface area contributed by atoms with Gasteiger partial charge in [0.2, 0.25) is 0 Å². The lowest BCUT2D eigenvalue weighted by Crippen LogP contribution is -2.03. The lowest BCUT2D eigenvalue weighted by molar-refractivity contribution is 0.414. The zero-order valence-corrected chi connectivity index (χ0v) is 16.2. The third-order valence-electron chi connectivity index (χ3n) is 4.42. The Morgan fingerprint density at radius 2 is 1.54 bits per heavy atom. The minimum Gasteiger partial charge on any atom is -0.497 e. The predicted octanol–water partition coefficient (Wildman–Crippen LogP) is 6.00. The van der Waals surface area contributed by atoms with Gasteiger partial charge in [-0.15, -0.1) is 0 Å². The number of para-hydroxylation sites is 1. The Kier molecular flexibility index (Phi) is 5.04. The fraction of sp³-hybridized carbons (Fsp3) is 0.0870. The molecule has 0 amide bonds. The standard InChI is InChI=1S/C23H18ClNO3/c1-26-16-9-7-15(8-10-16)23-14-21(25-20-6-4-3-5-19(20)24)18-13-17(27-2)11-12-22(18)28-23/h3-14H,1-2H3. The fourth-order valence-electron chi connectivity index (χ4n) is 2.94. The first-order valence-corrected chi connectivity index (χ1v) is 9.11. The highest BCUT2D eigenvalue weighted by Gasteiger charge is 2.08. The van der Waals surface area contributed by atoms with E-state index >= 15 is 0 Å². The van der Waals surface area contributed by atoms with Crippen LogP contribution in [-0.2, 0) is 0 Å². The van der Waals surface area contributed by atoms with Crippen molar-refractivity contribution in [1.82, 2.24) is 0 Å². The second-order valence-corrected chi connectivity index (χ2v) is 6.56. The van der Waals surface area contributed by atoms with E-state index in [1.54, 1.807) is 14.2 Å². The number of rotatable bonds is 4. The topological polar surface area (TPSA) is 44.0 Å². The van der Waals surface area contributed by atoms with Crippen molar-refractivity contribution in [2.75, 3.05) is 14.2 Å². The summed E-state index contributed by atoms with van der Waals surface area (Å²) in [5.41, 5.74) is 2.33. The second kappa shape index (κ2) is 7.79. The summed E-state index contributed by atoms with van der Waals surface area (Å²) in [5, 5.41) is 2.18. The minimum atomic E-state index is 0.588. The fourth-order valence-corrected chi connectivity index (χ4v) is 3.12. The number of hydrogen-bond acceptors (Lipinski definition) is 4. The molecule has 4 nitrogen and oxygen atoms in total. The average Bonchev–Trinajstić information content (AvgIpc) is 2.75. The molecule has 0 aliphatic rings. The molecule has 4 rings (SSSR count). The second-order valence-electron chi connectivity index (χ2n) is 6.15. The Balaban J connectivity index is 1.97. The van der Waals surface area contributed by atoms with Gasteiger partial charge in [-0.1, -0.05) is 23.7 Å². The zero-order chi connectivity index (χ0) is 19.5. The van der Waals surface area contributed by atoms with E-state index in [4.69, 9.17) is 30.5 Å². The van der Waals surface area contributed by atoms with Crippen LogP contribution in [0.1, 0.15) is 0 Å². The van der Waals surface area contributed by atoms with Crippen molar-refractivity contribution >= 4 is 28.3 Å². The van der Waals surface area contributed by atoms with E-state index in [-0.39, 0.29) is 0 Å². The molecule has 0 atom stereocenters. The number of halogens is 1. The van der Waals surface area contributed by atoms with Gasteiger partial charge in [0.25, 0.3) is 0 Å². The van der Waals surface area contributed by atoms with Gasteiger partial charge in [-0.05, 0) is 54.6 Å². The summed E-state index contributed by atoms with van der Waals surface area (Å²) in [7, 11) is 3.28. The quantitative estimate of drug-likeness (QED) is 0.428. The molecule has 0 bridgehead atoms. The van der Waals surface area contributed by atoms with E-state index in [0.29, 0.717) is 22.1 Å². The van der Waals surface area contributed by atoms with E-state index in [9.17, 15) is 0 Å². The van der Waals surface area contributed by atoms with E-state index in [0.717, 1.165) is 27.8 Å². The normalized spacial score (nSPS) is 11.6. The van der Waals surface area contributed by atoms with Crippen LogP contribution in [0.15, 0.2) is 82.2 Å². The molecule has 0 fully saturated rings. The van der Waals surface area contributed by atoms with Crippen LogP contribution in [0.4, 0.5) is 5.69 Å². The summed E-state index contributed by atoms with van der Waals surface area (Å²) < 4.78 is 16.7. The van der Waals surface area contributed by atoms with E-state index in [1.165, 1.54) is 0 Å². The summed E-state index contributed by atoms with van der Waals surface area (Å²) >= 11 is 6.32. The first-order chi connectivity index (χ1) is 13.7. The van der Waals surface area contributed by atoms with Crippen molar-refractivity contribution in [2.24, 2.45) is 4.99 Å². The first kappa shape index (κ1) is 18.1. The molecule has 0 saturated heterocycles. The molecule has 28 heavy (non-hydrogen) atoms. The largest absolute Gasteiger partial charge is 0.497 e. The monoisotopic (exact) mass is 391 g/mol. The van der Waals surface area contributed by atoms with Crippen molar-refractivity contribution in [1.29, 1.82) is 0 Å². The van der Waals surface area contributed by atoms with Crippen LogP contribution in [0.25, 0.3) is 22.3 Å². The Hall–Kier alpha value is -3.24. The van der Waals surface area contributed by atoms with Crippen molar-refractivity contribution in [3.05, 3.63) is 83.2 Å². The van der Waals surface area contributed by atoms with Crippen LogP contribution in [-0.4, -0.2) is 14.2 Å². The van der Waals surface area contributed by atoms with Crippen molar-refractivity contribution in [3.8, 4) is 22.8 Å². The molecule has 1 aromatic heterocycles. The van der Waals surface area contributed by atoms with Gasteiger partial charge in [0, 0.05) is 17.0 Å². The van der Waals surface area contributed by atoms with E-state index in [2.05, 4.69) is 0 Å². The SMILES string of the molecule is COc1ccc(-c2cc(=Nc3ccccc3Cl)c3cc(OC)ccc3o2)cc1. The summed E-state index contributed by atoms with van der Waals surface area (Å²) in [6, 6.07) is 22.7. The number of ether oxygens (including phenoxy) is 2. The lowest BCUT2D eigenvalue weighted by Gasteiger charge is -2.08. The maximum Gasteiger partial charge on any atom is 0.137 e. The summed E-state index contributed by atoms with van der Waals surface area (Å²) in [5.74, 6) is 2.22. The lowest BCUT2D eigenvalue weighted by atomic mass is 10.1. The molecular weight excluding hydrogens is 374 g/mol. The molecule has 0 spiro atoms. The molecule has 140 valence electrons. The molecule has 0 aliphatic carbocycles. The first-order valence-electron chi connectivity index (χ1n) is 8.73. The number of hydrogen-bond donors (Lipinski definition) is 0. The van der Waals surface area contributed by atoms with Crippen LogP contribution in [0.3, 0.4) is 0 Å². The van der Waals surface area contributed by atoms with E-state index < -0.39 is 0 Å². The minimum absolute atomic E-state index is 0.588. The predicted molar refractivity (Wildman–Crippen MR) is 111 cm³/mol. The number of nitrogens with zero attached hydrogens (tertiary/aromatic N) is 1. The highest BCUT2D eigenvalue weighted by atomic mass is 35.5. The highest BCUT2D eigenvalue weighted by Crippen LogP contribution is 2.28. The van der Waals surface area contributed by atoms with Crippen molar-refractivity contribution in [2.45, 2.75) is 0 Å². The Bertz CT molecular complexity index is 1200. The summed E-state index contributed by atoms with van der Waals surface area (Å²) in [4.78, 5) is 4.79. The van der Waals surface area contributed by atoms with Gasteiger partial charge in [0.05, 0.1) is 30.3 Å². The number of methoxy groups -OCH3 is 2. The average molecular weight is 392 g/mol. The maximum absolute atomic E-state index is 6.32. The molecule has 3 aromatic carbocycles. The van der Waals surface area contributed by atoms with Gasteiger partial charge in [0.15, 0.2) is 0 Å². The van der Waals surface area contributed by atoms with Crippen molar-refractivity contribution in [3.63, 3.8) is 0 Å². The molecule has 0 saturated carbocycles. The molecule has 0 aliphatic heterocycles. The zero-order valence-electron chi connectivity index (χ0n) is 15.5. The van der Waals surface area contributed by atoms with Crippen LogP contribution >= 0.6 is 11.6 Å². The third-order valence-corrected chi connectivity index (χ3v) is 4.74.